The van der Waals surface area contributed by atoms with Crippen LogP contribution >= 0.6 is 11.9 Å². The van der Waals surface area contributed by atoms with Gasteiger partial charge in [-0.25, -0.2) is 0 Å². The van der Waals surface area contributed by atoms with Crippen LogP contribution in [0.25, 0.3) is 0 Å². The molecule has 2 fully saturated rings. The number of nitrogens with zero attached hydrogens (tertiary/aromatic N) is 1. The van der Waals surface area contributed by atoms with Gasteiger partial charge in [0.05, 0.1) is 36.8 Å². The second-order valence-electron chi connectivity index (χ2n) is 10.5. The second kappa shape index (κ2) is 11.0. The van der Waals surface area contributed by atoms with E-state index in [4.69, 9.17) is 14.2 Å². The van der Waals surface area contributed by atoms with E-state index in [9.17, 15) is 4.79 Å². The molecule has 3 aliphatic rings. The summed E-state index contributed by atoms with van der Waals surface area (Å²) >= 11 is 1.51. The van der Waals surface area contributed by atoms with E-state index in [0.717, 1.165) is 89.8 Å². The lowest BCUT2D eigenvalue weighted by molar-refractivity contribution is -0.126. The van der Waals surface area contributed by atoms with Crippen LogP contribution in [0.2, 0.25) is 0 Å². The number of methoxy groups -OCH3 is 2. The molecule has 7 nitrogen and oxygen atoms in total. The highest BCUT2D eigenvalue weighted by Gasteiger charge is 2.55. The Hall–Kier alpha value is -3.36. The number of hydrogen-bond donors (Lipinski definition) is 2. The summed E-state index contributed by atoms with van der Waals surface area (Å²) in [6, 6.07) is 20.1. The number of amides is 1. The number of fused-ring (bicyclic) bond motifs is 2. The highest BCUT2D eigenvalue weighted by Crippen LogP contribution is 2.57. The molecule has 8 heteroatoms. The number of anilines is 2. The topological polar surface area (TPSA) is 72.1 Å². The first-order valence-electron chi connectivity index (χ1n) is 13.7. The Morgan fingerprint density at radius 2 is 1.77 bits per heavy atom. The van der Waals surface area contributed by atoms with Crippen LogP contribution in [0.5, 0.6) is 17.2 Å². The molecule has 1 saturated heterocycles. The zero-order chi connectivity index (χ0) is 26.8. The maximum atomic E-state index is 14.1. The smallest absolute Gasteiger partial charge is 0.238 e. The summed E-state index contributed by atoms with van der Waals surface area (Å²) in [5.41, 5.74) is 3.54. The molecule has 6 rings (SSSR count). The monoisotopic (exact) mass is 545 g/mol. The van der Waals surface area contributed by atoms with Gasteiger partial charge in [-0.15, -0.1) is 0 Å². The van der Waals surface area contributed by atoms with Crippen LogP contribution in [0.3, 0.4) is 0 Å². The Morgan fingerprint density at radius 1 is 1.00 bits per heavy atom. The van der Waals surface area contributed by atoms with E-state index < -0.39 is 5.41 Å². The number of carbonyl (C=O) groups is 1. The number of ether oxygens (including phenoxy) is 3. The van der Waals surface area contributed by atoms with Crippen molar-refractivity contribution in [1.82, 2.24) is 5.32 Å². The molecule has 1 amide bonds. The van der Waals surface area contributed by atoms with Gasteiger partial charge in [0.25, 0.3) is 0 Å². The van der Waals surface area contributed by atoms with E-state index in [2.05, 4.69) is 22.2 Å². The zero-order valence-electron chi connectivity index (χ0n) is 22.5. The number of carbonyl (C=O) groups excluding carboxylic acids is 1. The fourth-order valence-electron chi connectivity index (χ4n) is 5.86. The van der Waals surface area contributed by atoms with Gasteiger partial charge >= 0.3 is 0 Å². The van der Waals surface area contributed by atoms with Gasteiger partial charge in [0.15, 0.2) is 0 Å². The molecule has 2 heterocycles. The van der Waals surface area contributed by atoms with Gasteiger partial charge < -0.3 is 29.1 Å². The molecule has 0 bridgehead atoms. The molecule has 1 spiro atoms. The van der Waals surface area contributed by atoms with E-state index in [-0.39, 0.29) is 12.0 Å². The lowest BCUT2D eigenvalue weighted by Gasteiger charge is -2.37. The van der Waals surface area contributed by atoms with Crippen molar-refractivity contribution >= 4 is 29.2 Å². The first-order valence-corrected chi connectivity index (χ1v) is 14.5. The summed E-state index contributed by atoms with van der Waals surface area (Å²) in [7, 11) is 3.35. The number of benzene rings is 3. The fraction of sp³-hybridized carbons (Fsp3) is 0.387. The van der Waals surface area contributed by atoms with Crippen LogP contribution in [0.15, 0.2) is 65.6 Å². The van der Waals surface area contributed by atoms with Crippen molar-refractivity contribution in [1.29, 1.82) is 0 Å². The third kappa shape index (κ3) is 4.92. The maximum Gasteiger partial charge on any atom is 0.238 e. The molecule has 2 aliphatic heterocycles. The number of piperidine rings is 1. The first-order chi connectivity index (χ1) is 19.1. The van der Waals surface area contributed by atoms with Gasteiger partial charge in [-0.1, -0.05) is 30.7 Å². The molecule has 1 aliphatic carbocycles. The molecular formula is C31H35N3O4S. The summed E-state index contributed by atoms with van der Waals surface area (Å²) in [5, 5.41) is 3.42. The third-order valence-electron chi connectivity index (χ3n) is 8.15. The molecule has 0 unspecified atom stereocenters. The lowest BCUT2D eigenvalue weighted by atomic mass is 9.65. The molecule has 0 radical (unpaired) electrons. The van der Waals surface area contributed by atoms with E-state index >= 15 is 0 Å². The number of rotatable bonds is 9. The Kier molecular flexibility index (Phi) is 7.32. The summed E-state index contributed by atoms with van der Waals surface area (Å²) in [6.45, 7) is 2.38. The minimum atomic E-state index is -0.471. The van der Waals surface area contributed by atoms with Crippen LogP contribution in [-0.4, -0.2) is 39.3 Å². The van der Waals surface area contributed by atoms with E-state index in [1.807, 2.05) is 53.4 Å². The third-order valence-corrected chi connectivity index (χ3v) is 9.04. The second-order valence-corrected chi connectivity index (χ2v) is 11.3. The SMILES string of the molecule is COc1ccc(CN2C(=O)C3(CCC3)c3cc(NSc4ccccc4OC)cc(OC4CCNCC4)c32)cc1. The zero-order valence-corrected chi connectivity index (χ0v) is 23.3. The largest absolute Gasteiger partial charge is 0.497 e. The first kappa shape index (κ1) is 25.9. The van der Waals surface area contributed by atoms with Gasteiger partial charge in [-0.05, 0) is 92.2 Å². The number of nitrogens with one attached hydrogen (secondary N) is 2. The number of hydrogen-bond acceptors (Lipinski definition) is 7. The highest BCUT2D eigenvalue weighted by molar-refractivity contribution is 8.00. The standard InChI is InChI=1S/C31H35N3O4S/c1-36-23-10-8-21(9-11-23)20-34-29-25(31(30(34)35)14-5-15-31)18-22(19-27(29)38-24-12-16-32-17-13-24)33-39-28-7-4-3-6-26(28)37-2/h3-4,6-11,18-19,24,32-33H,5,12-17,20H2,1-2H3. The van der Waals surface area contributed by atoms with Crippen molar-refractivity contribution in [3.8, 4) is 17.2 Å². The van der Waals surface area contributed by atoms with Crippen molar-refractivity contribution in [3.63, 3.8) is 0 Å². The van der Waals surface area contributed by atoms with Crippen LogP contribution in [-0.2, 0) is 16.8 Å². The minimum Gasteiger partial charge on any atom is -0.497 e. The predicted molar refractivity (Wildman–Crippen MR) is 155 cm³/mol. The quantitative estimate of drug-likeness (QED) is 0.323. The van der Waals surface area contributed by atoms with Crippen molar-refractivity contribution in [2.45, 2.75) is 55.1 Å². The normalized spacial score (nSPS) is 18.0. The van der Waals surface area contributed by atoms with Crippen molar-refractivity contribution in [2.75, 3.05) is 36.9 Å². The van der Waals surface area contributed by atoms with Crippen LogP contribution in [0.1, 0.15) is 43.2 Å². The Labute approximate surface area is 234 Å². The van der Waals surface area contributed by atoms with Gasteiger partial charge in [0.1, 0.15) is 23.4 Å². The highest BCUT2D eigenvalue weighted by atomic mass is 32.2. The predicted octanol–water partition coefficient (Wildman–Crippen LogP) is 5.92. The molecular weight excluding hydrogens is 510 g/mol. The molecule has 3 aromatic carbocycles. The Balaban J connectivity index is 1.38. The Bertz CT molecular complexity index is 1340. The molecule has 3 aromatic rings. The van der Waals surface area contributed by atoms with Crippen LogP contribution in [0, 0.1) is 0 Å². The van der Waals surface area contributed by atoms with Crippen molar-refractivity contribution < 1.29 is 19.0 Å². The van der Waals surface area contributed by atoms with Gasteiger partial charge in [0.2, 0.25) is 5.91 Å². The van der Waals surface area contributed by atoms with Gasteiger partial charge in [0, 0.05) is 11.8 Å². The van der Waals surface area contributed by atoms with E-state index in [0.29, 0.717) is 6.54 Å². The van der Waals surface area contributed by atoms with Gasteiger partial charge in [-0.2, -0.15) is 0 Å². The van der Waals surface area contributed by atoms with E-state index in [1.165, 1.54) is 11.9 Å². The summed E-state index contributed by atoms with van der Waals surface area (Å²) in [4.78, 5) is 17.1. The average Bonchev–Trinajstić information content (AvgIpc) is 3.20. The number of para-hydroxylation sites is 1. The maximum absolute atomic E-state index is 14.1. The molecule has 0 atom stereocenters. The summed E-state index contributed by atoms with van der Waals surface area (Å²) in [6.07, 6.45) is 4.80. The van der Waals surface area contributed by atoms with Gasteiger partial charge in [-0.3, -0.25) is 4.79 Å². The Morgan fingerprint density at radius 3 is 2.46 bits per heavy atom. The fourth-order valence-corrected chi connectivity index (χ4v) is 6.61. The van der Waals surface area contributed by atoms with Crippen LogP contribution < -0.4 is 29.1 Å². The summed E-state index contributed by atoms with van der Waals surface area (Å²) in [5.74, 6) is 2.59. The lowest BCUT2D eigenvalue weighted by Crippen LogP contribution is -2.44. The summed E-state index contributed by atoms with van der Waals surface area (Å²) < 4.78 is 21.1. The molecule has 1 saturated carbocycles. The average molecular weight is 546 g/mol. The molecule has 204 valence electrons. The van der Waals surface area contributed by atoms with Crippen molar-refractivity contribution in [3.05, 3.63) is 71.8 Å². The molecule has 2 N–H and O–H groups in total. The minimum absolute atomic E-state index is 0.114. The molecule has 39 heavy (non-hydrogen) atoms. The van der Waals surface area contributed by atoms with Crippen LogP contribution in [0.4, 0.5) is 11.4 Å². The molecule has 0 aromatic heterocycles. The van der Waals surface area contributed by atoms with Crippen molar-refractivity contribution in [2.24, 2.45) is 0 Å². The van der Waals surface area contributed by atoms with E-state index in [1.54, 1.807) is 14.2 Å².